The average molecular weight is 452 g/mol. The molecule has 0 spiro atoms. The van der Waals surface area contributed by atoms with Crippen LogP contribution in [0.15, 0.2) is 24.4 Å². The maximum Gasteiger partial charge on any atom is 0.278 e. The van der Waals surface area contributed by atoms with E-state index in [1.165, 1.54) is 11.3 Å². The molecule has 0 bridgehead atoms. The van der Waals surface area contributed by atoms with E-state index < -0.39 is 0 Å². The van der Waals surface area contributed by atoms with Crippen molar-refractivity contribution in [3.63, 3.8) is 0 Å². The SMILES string of the molecule is CCOc1cccc2sc(N(CCN(CC)CC)C(=O)c3c(C)cnn3C)nc12.Cl. The normalized spacial score (nSPS) is 11.0. The standard InChI is InChI=1S/C21H29N5O2S.ClH/c1-6-25(7-2)12-13-26(20(27)19-15(4)14-22-24(19)5)21-23-18-16(28-8-3)10-9-11-17(18)29-21;/h9-11,14H,6-8,12-13H2,1-5H3;1H. The number of benzene rings is 1. The molecule has 0 aliphatic carbocycles. The second kappa shape index (κ2) is 10.7. The van der Waals surface area contributed by atoms with Crippen LogP contribution in [0.1, 0.15) is 36.8 Å². The lowest BCUT2D eigenvalue weighted by atomic mass is 10.2. The molecule has 0 saturated carbocycles. The van der Waals surface area contributed by atoms with Crippen molar-refractivity contribution in [1.29, 1.82) is 0 Å². The van der Waals surface area contributed by atoms with Crippen LogP contribution in [-0.2, 0) is 7.05 Å². The Kier molecular flexibility index (Phi) is 8.64. The monoisotopic (exact) mass is 451 g/mol. The summed E-state index contributed by atoms with van der Waals surface area (Å²) in [6.07, 6.45) is 1.72. The van der Waals surface area contributed by atoms with E-state index in [1.54, 1.807) is 22.8 Å². The van der Waals surface area contributed by atoms with Gasteiger partial charge in [0.2, 0.25) is 0 Å². The molecule has 30 heavy (non-hydrogen) atoms. The summed E-state index contributed by atoms with van der Waals surface area (Å²) in [5.41, 5.74) is 2.26. The van der Waals surface area contributed by atoms with Crippen molar-refractivity contribution in [2.75, 3.05) is 37.7 Å². The number of likely N-dealkylation sites (N-methyl/N-ethyl adjacent to an activating group) is 1. The number of nitrogens with zero attached hydrogens (tertiary/aromatic N) is 5. The first-order chi connectivity index (χ1) is 14.0. The highest BCUT2D eigenvalue weighted by molar-refractivity contribution is 7.22. The molecule has 1 aromatic carbocycles. The number of amides is 1. The summed E-state index contributed by atoms with van der Waals surface area (Å²) in [5, 5.41) is 4.93. The van der Waals surface area contributed by atoms with Crippen molar-refractivity contribution in [2.45, 2.75) is 27.7 Å². The Morgan fingerprint density at radius 3 is 2.53 bits per heavy atom. The Morgan fingerprint density at radius 1 is 1.20 bits per heavy atom. The second-order valence-corrected chi connectivity index (χ2v) is 7.82. The summed E-state index contributed by atoms with van der Waals surface area (Å²) < 4.78 is 8.38. The molecule has 3 rings (SSSR count). The molecular weight excluding hydrogens is 422 g/mol. The first-order valence-corrected chi connectivity index (χ1v) is 10.9. The lowest BCUT2D eigenvalue weighted by molar-refractivity contribution is 0.0974. The second-order valence-electron chi connectivity index (χ2n) is 6.82. The zero-order chi connectivity index (χ0) is 21.0. The predicted octanol–water partition coefficient (Wildman–Crippen LogP) is 4.15. The predicted molar refractivity (Wildman–Crippen MR) is 125 cm³/mol. The Morgan fingerprint density at radius 2 is 1.93 bits per heavy atom. The van der Waals surface area contributed by atoms with Crippen LogP contribution in [-0.4, -0.2) is 58.4 Å². The van der Waals surface area contributed by atoms with Crippen LogP contribution in [0.25, 0.3) is 10.2 Å². The van der Waals surface area contributed by atoms with E-state index in [0.717, 1.165) is 41.2 Å². The van der Waals surface area contributed by atoms with E-state index in [1.807, 2.05) is 32.0 Å². The highest BCUT2D eigenvalue weighted by Crippen LogP contribution is 2.34. The molecule has 3 aromatic rings. The van der Waals surface area contributed by atoms with Crippen molar-refractivity contribution >= 4 is 45.0 Å². The number of carbonyl (C=O) groups excluding carboxylic acids is 1. The highest BCUT2D eigenvalue weighted by atomic mass is 35.5. The molecule has 0 saturated heterocycles. The number of ether oxygens (including phenoxy) is 1. The van der Waals surface area contributed by atoms with Crippen LogP contribution in [0.2, 0.25) is 0 Å². The Balaban J connectivity index is 0.00000320. The molecule has 0 atom stereocenters. The van der Waals surface area contributed by atoms with Crippen molar-refractivity contribution < 1.29 is 9.53 Å². The lowest BCUT2D eigenvalue weighted by Crippen LogP contribution is -2.39. The van der Waals surface area contributed by atoms with Crippen LogP contribution >= 0.6 is 23.7 Å². The first-order valence-electron chi connectivity index (χ1n) is 10.0. The Hall–Kier alpha value is -2.16. The molecular formula is C21H30ClN5O2S. The van der Waals surface area contributed by atoms with Gasteiger partial charge in [0.25, 0.3) is 5.91 Å². The van der Waals surface area contributed by atoms with Crippen LogP contribution in [0.5, 0.6) is 5.75 Å². The molecule has 9 heteroatoms. The number of hydrogen-bond acceptors (Lipinski definition) is 6. The van der Waals surface area contributed by atoms with Gasteiger partial charge in [-0.15, -0.1) is 12.4 Å². The maximum absolute atomic E-state index is 13.5. The van der Waals surface area contributed by atoms with Gasteiger partial charge in [-0.1, -0.05) is 31.3 Å². The highest BCUT2D eigenvalue weighted by Gasteiger charge is 2.26. The largest absolute Gasteiger partial charge is 0.492 e. The number of halogens is 1. The number of para-hydroxylation sites is 1. The summed E-state index contributed by atoms with van der Waals surface area (Å²) in [5.74, 6) is 0.673. The van der Waals surface area contributed by atoms with Crippen molar-refractivity contribution in [3.8, 4) is 5.75 Å². The van der Waals surface area contributed by atoms with Gasteiger partial charge in [0, 0.05) is 20.1 Å². The Labute approximate surface area is 188 Å². The number of thiazole rings is 1. The minimum atomic E-state index is -0.0772. The number of aromatic nitrogens is 3. The minimum Gasteiger partial charge on any atom is -0.492 e. The third-order valence-corrected chi connectivity index (χ3v) is 6.05. The topological polar surface area (TPSA) is 63.5 Å². The van der Waals surface area contributed by atoms with Crippen LogP contribution < -0.4 is 9.64 Å². The van der Waals surface area contributed by atoms with Gasteiger partial charge in [0.1, 0.15) is 17.0 Å². The summed E-state index contributed by atoms with van der Waals surface area (Å²) in [6, 6.07) is 5.90. The molecule has 0 fully saturated rings. The molecule has 2 aromatic heterocycles. The van der Waals surface area contributed by atoms with E-state index in [-0.39, 0.29) is 18.3 Å². The fourth-order valence-electron chi connectivity index (χ4n) is 3.35. The average Bonchev–Trinajstić information content (AvgIpc) is 3.29. The van der Waals surface area contributed by atoms with Crippen LogP contribution in [0, 0.1) is 6.92 Å². The van der Waals surface area contributed by atoms with Crippen LogP contribution in [0.4, 0.5) is 5.13 Å². The molecule has 0 aliphatic heterocycles. The quantitative estimate of drug-likeness (QED) is 0.489. The van der Waals surface area contributed by atoms with Gasteiger partial charge < -0.3 is 9.64 Å². The number of carbonyl (C=O) groups is 1. The van der Waals surface area contributed by atoms with Gasteiger partial charge in [-0.3, -0.25) is 14.4 Å². The summed E-state index contributed by atoms with van der Waals surface area (Å²) in [6.45, 7) is 11.9. The summed E-state index contributed by atoms with van der Waals surface area (Å²) in [4.78, 5) is 22.4. The molecule has 164 valence electrons. The fourth-order valence-corrected chi connectivity index (χ4v) is 4.35. The van der Waals surface area contributed by atoms with E-state index in [4.69, 9.17) is 9.72 Å². The van der Waals surface area contributed by atoms with Gasteiger partial charge in [0.05, 0.1) is 17.5 Å². The van der Waals surface area contributed by atoms with Crippen molar-refractivity contribution in [1.82, 2.24) is 19.7 Å². The fraction of sp³-hybridized carbons (Fsp3) is 0.476. The smallest absolute Gasteiger partial charge is 0.278 e. The zero-order valence-electron chi connectivity index (χ0n) is 18.2. The van der Waals surface area contributed by atoms with Gasteiger partial charge >= 0.3 is 0 Å². The van der Waals surface area contributed by atoms with Crippen molar-refractivity contribution in [3.05, 3.63) is 35.7 Å². The number of rotatable bonds is 9. The zero-order valence-corrected chi connectivity index (χ0v) is 19.8. The molecule has 0 unspecified atom stereocenters. The Bertz CT molecular complexity index is 964. The number of anilines is 1. The van der Waals surface area contributed by atoms with E-state index in [2.05, 4.69) is 23.8 Å². The van der Waals surface area contributed by atoms with Gasteiger partial charge in [-0.05, 0) is 44.6 Å². The number of aryl methyl sites for hydroxylation is 2. The minimum absolute atomic E-state index is 0. The molecule has 0 N–H and O–H groups in total. The van der Waals surface area contributed by atoms with Gasteiger partial charge in [-0.25, -0.2) is 4.98 Å². The number of fused-ring (bicyclic) bond motifs is 1. The molecule has 0 radical (unpaired) electrons. The van der Waals surface area contributed by atoms with E-state index in [0.29, 0.717) is 24.0 Å². The van der Waals surface area contributed by atoms with E-state index in [9.17, 15) is 4.79 Å². The molecule has 1 amide bonds. The summed E-state index contributed by atoms with van der Waals surface area (Å²) >= 11 is 1.52. The third kappa shape index (κ3) is 4.94. The number of hydrogen-bond donors (Lipinski definition) is 0. The third-order valence-electron chi connectivity index (χ3n) is 5.01. The maximum atomic E-state index is 13.5. The molecule has 0 aliphatic rings. The molecule has 2 heterocycles. The molecule has 7 nitrogen and oxygen atoms in total. The lowest BCUT2D eigenvalue weighted by Gasteiger charge is -2.25. The van der Waals surface area contributed by atoms with Gasteiger partial charge in [-0.2, -0.15) is 5.10 Å². The van der Waals surface area contributed by atoms with Gasteiger partial charge in [0.15, 0.2) is 5.13 Å². The van der Waals surface area contributed by atoms with Crippen molar-refractivity contribution in [2.24, 2.45) is 7.05 Å². The van der Waals surface area contributed by atoms with Crippen LogP contribution in [0.3, 0.4) is 0 Å². The summed E-state index contributed by atoms with van der Waals surface area (Å²) in [7, 11) is 1.80. The van der Waals surface area contributed by atoms with E-state index >= 15 is 0 Å². The first kappa shape index (κ1) is 24.1.